The van der Waals surface area contributed by atoms with Crippen LogP contribution in [0.2, 0.25) is 0 Å². The van der Waals surface area contributed by atoms with Crippen molar-refractivity contribution < 1.29 is 4.79 Å². The summed E-state index contributed by atoms with van der Waals surface area (Å²) in [5.74, 6) is -0.263. The third kappa shape index (κ3) is 2.67. The Kier molecular flexibility index (Phi) is 3.69. The largest absolute Gasteiger partial charge is 0.369 e. The topological polar surface area (TPSA) is 72.3 Å². The quantitative estimate of drug-likeness (QED) is 0.630. The minimum absolute atomic E-state index is 0.222. The Morgan fingerprint density at radius 2 is 2.23 bits per heavy atom. The number of nitrogens with zero attached hydrogens (tertiary/aromatic N) is 1. The van der Waals surface area contributed by atoms with Crippen molar-refractivity contribution in [3.05, 3.63) is 0 Å². The van der Waals surface area contributed by atoms with Gasteiger partial charge >= 0.3 is 0 Å². The average Bonchev–Trinajstić information content (AvgIpc) is 2.47. The summed E-state index contributed by atoms with van der Waals surface area (Å²) in [5, 5.41) is 0. The van der Waals surface area contributed by atoms with Gasteiger partial charge in [0.2, 0.25) is 5.91 Å². The predicted octanol–water partition coefficient (Wildman–Crippen LogP) is -0.327. The number of nitrogens with two attached hydrogens (primary N) is 2. The highest BCUT2D eigenvalue weighted by atomic mass is 16.1. The Morgan fingerprint density at radius 1 is 1.54 bits per heavy atom. The van der Waals surface area contributed by atoms with Crippen molar-refractivity contribution in [1.29, 1.82) is 0 Å². The molecule has 0 aromatic rings. The van der Waals surface area contributed by atoms with Crippen molar-refractivity contribution in [2.24, 2.45) is 11.5 Å². The Morgan fingerprint density at radius 3 is 2.62 bits per heavy atom. The molecule has 1 amide bonds. The SMILES string of the molecule is CCN(CC(N)=O)C1CCCC1N. The van der Waals surface area contributed by atoms with E-state index in [0.29, 0.717) is 12.6 Å². The molecule has 0 saturated heterocycles. The zero-order valence-corrected chi connectivity index (χ0v) is 8.20. The van der Waals surface area contributed by atoms with Gasteiger partial charge in [0.15, 0.2) is 0 Å². The van der Waals surface area contributed by atoms with E-state index in [-0.39, 0.29) is 11.9 Å². The molecule has 4 heteroatoms. The van der Waals surface area contributed by atoms with Gasteiger partial charge in [-0.25, -0.2) is 0 Å². The van der Waals surface area contributed by atoms with Crippen LogP contribution in [0.1, 0.15) is 26.2 Å². The van der Waals surface area contributed by atoms with Crippen LogP contribution in [0.3, 0.4) is 0 Å². The van der Waals surface area contributed by atoms with Gasteiger partial charge in [0.25, 0.3) is 0 Å². The average molecular weight is 185 g/mol. The van der Waals surface area contributed by atoms with E-state index in [9.17, 15) is 4.79 Å². The number of primary amides is 1. The van der Waals surface area contributed by atoms with E-state index in [1.807, 2.05) is 6.92 Å². The zero-order valence-electron chi connectivity index (χ0n) is 8.20. The fraction of sp³-hybridized carbons (Fsp3) is 0.889. The molecule has 0 radical (unpaired) electrons. The maximum Gasteiger partial charge on any atom is 0.231 e. The first-order chi connectivity index (χ1) is 6.15. The van der Waals surface area contributed by atoms with Gasteiger partial charge < -0.3 is 11.5 Å². The van der Waals surface area contributed by atoms with E-state index in [4.69, 9.17) is 11.5 Å². The van der Waals surface area contributed by atoms with Gasteiger partial charge in [-0.2, -0.15) is 0 Å². The molecular weight excluding hydrogens is 166 g/mol. The molecular formula is C9H19N3O. The highest BCUT2D eigenvalue weighted by Crippen LogP contribution is 2.22. The molecule has 0 aromatic heterocycles. The lowest BCUT2D eigenvalue weighted by Crippen LogP contribution is -2.47. The summed E-state index contributed by atoms with van der Waals surface area (Å²) in [7, 11) is 0. The van der Waals surface area contributed by atoms with Gasteiger partial charge in [0.05, 0.1) is 6.54 Å². The lowest BCUT2D eigenvalue weighted by atomic mass is 10.1. The van der Waals surface area contributed by atoms with E-state index in [0.717, 1.165) is 19.4 Å². The normalized spacial score (nSPS) is 28.2. The first-order valence-electron chi connectivity index (χ1n) is 4.93. The second kappa shape index (κ2) is 4.58. The van der Waals surface area contributed by atoms with Crippen molar-refractivity contribution in [1.82, 2.24) is 4.90 Å². The summed E-state index contributed by atoms with van der Waals surface area (Å²) in [4.78, 5) is 12.9. The van der Waals surface area contributed by atoms with Crippen LogP contribution in [0, 0.1) is 0 Å². The van der Waals surface area contributed by atoms with Crippen LogP contribution in [-0.2, 0) is 4.79 Å². The molecule has 4 nitrogen and oxygen atoms in total. The van der Waals surface area contributed by atoms with Crippen LogP contribution in [0.25, 0.3) is 0 Å². The molecule has 2 atom stereocenters. The number of amides is 1. The summed E-state index contributed by atoms with van der Waals surface area (Å²) in [6.45, 7) is 3.23. The minimum Gasteiger partial charge on any atom is -0.369 e. The smallest absolute Gasteiger partial charge is 0.231 e. The first-order valence-corrected chi connectivity index (χ1v) is 4.93. The maximum absolute atomic E-state index is 10.8. The number of hydrogen-bond donors (Lipinski definition) is 2. The molecule has 0 heterocycles. The molecule has 0 aromatic carbocycles. The van der Waals surface area contributed by atoms with Crippen LogP contribution < -0.4 is 11.5 Å². The van der Waals surface area contributed by atoms with E-state index in [1.54, 1.807) is 0 Å². The van der Waals surface area contributed by atoms with Gasteiger partial charge in [-0.05, 0) is 19.4 Å². The molecule has 0 aliphatic heterocycles. The van der Waals surface area contributed by atoms with Crippen LogP contribution in [-0.4, -0.2) is 36.0 Å². The van der Waals surface area contributed by atoms with Gasteiger partial charge in [-0.1, -0.05) is 13.3 Å². The lowest BCUT2D eigenvalue weighted by Gasteiger charge is -2.29. The molecule has 76 valence electrons. The maximum atomic E-state index is 10.8. The molecule has 13 heavy (non-hydrogen) atoms. The van der Waals surface area contributed by atoms with Crippen LogP contribution >= 0.6 is 0 Å². The molecule has 0 bridgehead atoms. The van der Waals surface area contributed by atoms with E-state index in [2.05, 4.69) is 4.90 Å². The second-order valence-electron chi connectivity index (χ2n) is 3.69. The molecule has 1 fully saturated rings. The predicted molar refractivity (Wildman–Crippen MR) is 52.1 cm³/mol. The van der Waals surface area contributed by atoms with Gasteiger partial charge in [-0.3, -0.25) is 9.69 Å². The van der Waals surface area contributed by atoms with Gasteiger partial charge in [0, 0.05) is 12.1 Å². The van der Waals surface area contributed by atoms with Crippen molar-refractivity contribution in [3.8, 4) is 0 Å². The molecule has 1 aliphatic rings. The van der Waals surface area contributed by atoms with E-state index < -0.39 is 0 Å². The standard InChI is InChI=1S/C9H19N3O/c1-2-12(6-9(11)13)8-5-3-4-7(8)10/h7-8H,2-6,10H2,1H3,(H2,11,13). The first kappa shape index (κ1) is 10.5. The Bertz CT molecular complexity index is 184. The molecule has 4 N–H and O–H groups in total. The lowest BCUT2D eigenvalue weighted by molar-refractivity contribution is -0.119. The molecule has 0 spiro atoms. The summed E-state index contributed by atoms with van der Waals surface area (Å²) in [5.41, 5.74) is 11.1. The van der Waals surface area contributed by atoms with Crippen LogP contribution in [0.15, 0.2) is 0 Å². The van der Waals surface area contributed by atoms with Crippen molar-refractivity contribution >= 4 is 5.91 Å². The highest BCUT2D eigenvalue weighted by molar-refractivity contribution is 5.75. The number of likely N-dealkylation sites (N-methyl/N-ethyl adjacent to an activating group) is 1. The Balaban J connectivity index is 2.49. The summed E-state index contributed by atoms with van der Waals surface area (Å²) >= 11 is 0. The fourth-order valence-corrected chi connectivity index (χ4v) is 2.09. The van der Waals surface area contributed by atoms with E-state index in [1.165, 1.54) is 6.42 Å². The van der Waals surface area contributed by atoms with Crippen molar-refractivity contribution in [2.45, 2.75) is 38.3 Å². The summed E-state index contributed by atoms with van der Waals surface area (Å²) in [6.07, 6.45) is 3.34. The molecule has 2 unspecified atom stereocenters. The fourth-order valence-electron chi connectivity index (χ4n) is 2.09. The van der Waals surface area contributed by atoms with Crippen LogP contribution in [0.4, 0.5) is 0 Å². The Hall–Kier alpha value is -0.610. The number of carbonyl (C=O) groups excluding carboxylic acids is 1. The monoisotopic (exact) mass is 185 g/mol. The van der Waals surface area contributed by atoms with Crippen molar-refractivity contribution in [3.63, 3.8) is 0 Å². The third-order valence-corrected chi connectivity index (χ3v) is 2.77. The number of carbonyl (C=O) groups is 1. The van der Waals surface area contributed by atoms with Crippen molar-refractivity contribution in [2.75, 3.05) is 13.1 Å². The van der Waals surface area contributed by atoms with Gasteiger partial charge in [-0.15, -0.1) is 0 Å². The van der Waals surface area contributed by atoms with Crippen LogP contribution in [0.5, 0.6) is 0 Å². The Labute approximate surface area is 79.3 Å². The third-order valence-electron chi connectivity index (χ3n) is 2.77. The van der Waals surface area contributed by atoms with Gasteiger partial charge in [0.1, 0.15) is 0 Å². The molecule has 1 saturated carbocycles. The molecule has 1 rings (SSSR count). The number of hydrogen-bond acceptors (Lipinski definition) is 3. The summed E-state index contributed by atoms with van der Waals surface area (Å²) in [6, 6.07) is 0.580. The zero-order chi connectivity index (χ0) is 9.84. The summed E-state index contributed by atoms with van der Waals surface area (Å²) < 4.78 is 0. The second-order valence-corrected chi connectivity index (χ2v) is 3.69. The highest BCUT2D eigenvalue weighted by Gasteiger charge is 2.29. The van der Waals surface area contributed by atoms with E-state index >= 15 is 0 Å². The number of rotatable bonds is 4. The molecule has 1 aliphatic carbocycles. The minimum atomic E-state index is -0.263.